The van der Waals surface area contributed by atoms with Gasteiger partial charge in [-0.3, -0.25) is 0 Å². The van der Waals surface area contributed by atoms with Crippen molar-refractivity contribution < 1.29 is 4.74 Å². The molecule has 0 atom stereocenters. The van der Waals surface area contributed by atoms with Crippen molar-refractivity contribution in [2.75, 3.05) is 5.32 Å². The highest BCUT2D eigenvalue weighted by molar-refractivity contribution is 5.57. The molecule has 1 aromatic carbocycles. The van der Waals surface area contributed by atoms with Crippen LogP contribution in [0.4, 0.5) is 11.5 Å². The minimum absolute atomic E-state index is 0.308. The Bertz CT molecular complexity index is 616. The lowest BCUT2D eigenvalue weighted by molar-refractivity contribution is 0.134. The van der Waals surface area contributed by atoms with Gasteiger partial charge >= 0.3 is 0 Å². The van der Waals surface area contributed by atoms with Crippen molar-refractivity contribution in [2.45, 2.75) is 13.2 Å². The number of ether oxygens (including phenoxy) is 1. The Hall–Kier alpha value is -2.45. The molecule has 2 aromatic rings. The predicted molar refractivity (Wildman–Crippen MR) is 65.0 cm³/mol. The highest BCUT2D eigenvalue weighted by Crippen LogP contribution is 2.24. The average Bonchev–Trinajstić information content (AvgIpc) is 2.87. The van der Waals surface area contributed by atoms with E-state index in [0.717, 1.165) is 5.69 Å². The molecular formula is C13H10N4O. The first-order valence-electron chi connectivity index (χ1n) is 5.54. The zero-order valence-electron chi connectivity index (χ0n) is 9.55. The first-order valence-corrected chi connectivity index (χ1v) is 5.54. The molecule has 5 heteroatoms. The molecule has 1 aliphatic rings. The molecule has 2 heterocycles. The van der Waals surface area contributed by atoms with Crippen LogP contribution in [0.15, 0.2) is 30.6 Å². The molecule has 0 aliphatic carbocycles. The summed E-state index contributed by atoms with van der Waals surface area (Å²) in [6, 6.07) is 8.00. The number of nitrogens with one attached hydrogen (secondary N) is 1. The first-order chi connectivity index (χ1) is 8.85. The van der Waals surface area contributed by atoms with Gasteiger partial charge in [0.15, 0.2) is 5.69 Å². The van der Waals surface area contributed by atoms with E-state index in [1.807, 2.05) is 24.3 Å². The number of aromatic nitrogens is 2. The zero-order valence-corrected chi connectivity index (χ0v) is 9.55. The standard InChI is InChI=1S/C13H10N4O/c14-4-12-5-16-13(6-15-12)17-11-2-1-9-7-18-8-10(9)3-11/h1-3,5-6H,7-8H2,(H,16,17). The molecule has 3 rings (SSSR count). The summed E-state index contributed by atoms with van der Waals surface area (Å²) in [7, 11) is 0. The summed E-state index contributed by atoms with van der Waals surface area (Å²) in [5, 5.41) is 11.8. The van der Waals surface area contributed by atoms with E-state index in [-0.39, 0.29) is 0 Å². The van der Waals surface area contributed by atoms with E-state index in [4.69, 9.17) is 10.00 Å². The van der Waals surface area contributed by atoms with Gasteiger partial charge in [0.05, 0.1) is 25.6 Å². The van der Waals surface area contributed by atoms with E-state index in [1.54, 1.807) is 6.20 Å². The van der Waals surface area contributed by atoms with Crippen LogP contribution in [0, 0.1) is 11.3 Å². The van der Waals surface area contributed by atoms with Gasteiger partial charge in [-0.15, -0.1) is 0 Å². The Morgan fingerprint density at radius 1 is 1.17 bits per heavy atom. The second-order valence-corrected chi connectivity index (χ2v) is 4.00. The Morgan fingerprint density at radius 2 is 2.06 bits per heavy atom. The molecule has 0 amide bonds. The largest absolute Gasteiger partial charge is 0.372 e. The average molecular weight is 238 g/mol. The highest BCUT2D eigenvalue weighted by atomic mass is 16.5. The van der Waals surface area contributed by atoms with E-state index in [9.17, 15) is 0 Å². The third-order valence-corrected chi connectivity index (χ3v) is 2.76. The number of anilines is 2. The molecule has 0 fully saturated rings. The Kier molecular flexibility index (Phi) is 2.63. The van der Waals surface area contributed by atoms with Crippen LogP contribution in [0.3, 0.4) is 0 Å². The Balaban J connectivity index is 1.81. The fourth-order valence-corrected chi connectivity index (χ4v) is 1.85. The van der Waals surface area contributed by atoms with Gasteiger partial charge in [-0.25, -0.2) is 9.97 Å². The minimum atomic E-state index is 0.308. The third kappa shape index (κ3) is 2.01. The smallest absolute Gasteiger partial charge is 0.158 e. The molecular weight excluding hydrogens is 228 g/mol. The van der Waals surface area contributed by atoms with Crippen molar-refractivity contribution in [3.63, 3.8) is 0 Å². The number of hydrogen-bond donors (Lipinski definition) is 1. The lowest BCUT2D eigenvalue weighted by Crippen LogP contribution is -1.96. The topological polar surface area (TPSA) is 70.8 Å². The van der Waals surface area contributed by atoms with Crippen LogP contribution in [0.2, 0.25) is 0 Å². The van der Waals surface area contributed by atoms with Gasteiger partial charge < -0.3 is 10.1 Å². The number of fused-ring (bicyclic) bond motifs is 1. The Morgan fingerprint density at radius 3 is 2.83 bits per heavy atom. The van der Waals surface area contributed by atoms with Gasteiger partial charge in [0.2, 0.25) is 0 Å². The van der Waals surface area contributed by atoms with E-state index < -0.39 is 0 Å². The number of rotatable bonds is 2. The van der Waals surface area contributed by atoms with Crippen molar-refractivity contribution in [1.82, 2.24) is 9.97 Å². The van der Waals surface area contributed by atoms with E-state index in [1.165, 1.54) is 17.3 Å². The molecule has 1 N–H and O–H groups in total. The summed E-state index contributed by atoms with van der Waals surface area (Å²) >= 11 is 0. The molecule has 0 bridgehead atoms. The van der Waals surface area contributed by atoms with Gasteiger partial charge in [-0.05, 0) is 23.3 Å². The second kappa shape index (κ2) is 4.43. The molecule has 1 aromatic heterocycles. The molecule has 5 nitrogen and oxygen atoms in total. The van der Waals surface area contributed by atoms with Gasteiger partial charge in [0.25, 0.3) is 0 Å². The van der Waals surface area contributed by atoms with Crippen LogP contribution < -0.4 is 5.32 Å². The van der Waals surface area contributed by atoms with Crippen molar-refractivity contribution in [1.29, 1.82) is 5.26 Å². The van der Waals surface area contributed by atoms with Crippen LogP contribution in [-0.4, -0.2) is 9.97 Å². The number of nitrogens with zero attached hydrogens (tertiary/aromatic N) is 3. The first kappa shape index (κ1) is 10.7. The SMILES string of the molecule is N#Cc1cnc(Nc2ccc3c(c2)COC3)cn1. The highest BCUT2D eigenvalue weighted by Gasteiger charge is 2.11. The van der Waals surface area contributed by atoms with Crippen LogP contribution in [0.1, 0.15) is 16.8 Å². The van der Waals surface area contributed by atoms with Crippen LogP contribution >= 0.6 is 0 Å². The number of hydrogen-bond acceptors (Lipinski definition) is 5. The molecule has 0 saturated heterocycles. The molecule has 0 radical (unpaired) electrons. The fourth-order valence-electron chi connectivity index (χ4n) is 1.85. The summed E-state index contributed by atoms with van der Waals surface area (Å²) in [6.07, 6.45) is 2.99. The molecule has 0 saturated carbocycles. The summed E-state index contributed by atoms with van der Waals surface area (Å²) in [6.45, 7) is 1.34. The predicted octanol–water partition coefficient (Wildman–Crippen LogP) is 2.12. The van der Waals surface area contributed by atoms with E-state index >= 15 is 0 Å². The van der Waals surface area contributed by atoms with Crippen molar-refractivity contribution in [3.05, 3.63) is 47.4 Å². The molecule has 0 spiro atoms. The summed E-state index contributed by atoms with van der Waals surface area (Å²) in [5.74, 6) is 0.618. The fraction of sp³-hybridized carbons (Fsp3) is 0.154. The van der Waals surface area contributed by atoms with Crippen molar-refractivity contribution >= 4 is 11.5 Å². The monoisotopic (exact) mass is 238 g/mol. The zero-order chi connectivity index (χ0) is 12.4. The molecule has 88 valence electrons. The lowest BCUT2D eigenvalue weighted by atomic mass is 10.1. The van der Waals surface area contributed by atoms with Gasteiger partial charge in [0, 0.05) is 5.69 Å². The lowest BCUT2D eigenvalue weighted by Gasteiger charge is -2.06. The maximum atomic E-state index is 8.64. The normalized spacial score (nSPS) is 12.8. The second-order valence-electron chi connectivity index (χ2n) is 4.00. The molecule has 18 heavy (non-hydrogen) atoms. The number of nitriles is 1. The summed E-state index contributed by atoms with van der Waals surface area (Å²) < 4.78 is 5.36. The Labute approximate surface area is 104 Å². The van der Waals surface area contributed by atoms with Crippen LogP contribution in [0.25, 0.3) is 0 Å². The maximum absolute atomic E-state index is 8.64. The summed E-state index contributed by atoms with van der Waals surface area (Å²) in [4.78, 5) is 8.07. The van der Waals surface area contributed by atoms with Gasteiger partial charge in [0.1, 0.15) is 11.9 Å². The van der Waals surface area contributed by atoms with Gasteiger partial charge in [-0.2, -0.15) is 5.26 Å². The summed E-state index contributed by atoms with van der Waals surface area (Å²) in [5.41, 5.74) is 3.68. The van der Waals surface area contributed by atoms with E-state index in [2.05, 4.69) is 15.3 Å². The van der Waals surface area contributed by atoms with Crippen LogP contribution in [0.5, 0.6) is 0 Å². The van der Waals surface area contributed by atoms with Gasteiger partial charge in [-0.1, -0.05) is 6.07 Å². The number of benzene rings is 1. The van der Waals surface area contributed by atoms with Crippen molar-refractivity contribution in [2.24, 2.45) is 0 Å². The minimum Gasteiger partial charge on any atom is -0.372 e. The maximum Gasteiger partial charge on any atom is 0.158 e. The molecule has 1 aliphatic heterocycles. The van der Waals surface area contributed by atoms with Crippen molar-refractivity contribution in [3.8, 4) is 6.07 Å². The van der Waals surface area contributed by atoms with Crippen LogP contribution in [-0.2, 0) is 18.0 Å². The third-order valence-electron chi connectivity index (χ3n) is 2.76. The van der Waals surface area contributed by atoms with E-state index in [0.29, 0.717) is 24.7 Å². The quantitative estimate of drug-likeness (QED) is 0.867. The molecule has 0 unspecified atom stereocenters.